The average molecular weight is 162 g/mol. The van der Waals surface area contributed by atoms with Gasteiger partial charge in [0, 0.05) is 0 Å². The summed E-state index contributed by atoms with van der Waals surface area (Å²) in [6, 6.07) is 4.36. The van der Waals surface area contributed by atoms with Gasteiger partial charge in [0.1, 0.15) is 18.3 Å². The van der Waals surface area contributed by atoms with Gasteiger partial charge >= 0.3 is 0 Å². The molecule has 0 radical (unpaired) electrons. The van der Waals surface area contributed by atoms with Gasteiger partial charge in [0.15, 0.2) is 5.43 Å². The van der Waals surface area contributed by atoms with Gasteiger partial charge in [0.2, 0.25) is 0 Å². The maximum atomic E-state index is 11.2. The number of fused-ring (bicyclic) bond motifs is 1. The van der Waals surface area contributed by atoms with Crippen molar-refractivity contribution in [1.82, 2.24) is 0 Å². The Hall–Kier alpha value is -1.77. The molecule has 12 heavy (non-hydrogen) atoms. The molecule has 0 aliphatic rings. The first-order valence-corrected chi connectivity index (χ1v) is 3.47. The molecule has 0 unspecified atom stereocenters. The quantitative estimate of drug-likeness (QED) is 0.638. The largest absolute Gasteiger partial charge is 0.507 e. The third kappa shape index (κ3) is 0.871. The summed E-state index contributed by atoms with van der Waals surface area (Å²) in [6.45, 7) is 0. The zero-order chi connectivity index (χ0) is 8.55. The van der Waals surface area contributed by atoms with Gasteiger partial charge in [-0.05, 0) is 12.1 Å². The van der Waals surface area contributed by atoms with E-state index < -0.39 is 0 Å². The molecule has 1 heterocycles. The Bertz CT molecular complexity index is 470. The number of hydrogen-bond donors (Lipinski definition) is 1. The highest BCUT2D eigenvalue weighted by Crippen LogP contribution is 2.20. The first kappa shape index (κ1) is 6.91. The van der Waals surface area contributed by atoms with Crippen LogP contribution in [0.5, 0.6) is 5.75 Å². The molecule has 3 heteroatoms. The van der Waals surface area contributed by atoms with Crippen LogP contribution in [0.3, 0.4) is 0 Å². The second kappa shape index (κ2) is 2.37. The van der Waals surface area contributed by atoms with E-state index in [1.165, 1.54) is 30.7 Å². The van der Waals surface area contributed by atoms with E-state index in [4.69, 9.17) is 4.42 Å². The smallest absolute Gasteiger partial charge is 0.189 e. The van der Waals surface area contributed by atoms with Crippen LogP contribution in [0.15, 0.2) is 39.9 Å². The van der Waals surface area contributed by atoms with E-state index in [0.717, 1.165) is 0 Å². The van der Waals surface area contributed by atoms with E-state index in [0.29, 0.717) is 10.8 Å². The Morgan fingerprint density at radius 2 is 1.92 bits per heavy atom. The molecule has 0 amide bonds. The minimum atomic E-state index is -0.154. The molecule has 2 rings (SSSR count). The molecule has 0 fully saturated rings. The first-order chi connectivity index (χ1) is 5.79. The van der Waals surface area contributed by atoms with Gasteiger partial charge in [0.05, 0.1) is 10.8 Å². The van der Waals surface area contributed by atoms with E-state index in [2.05, 4.69) is 0 Å². The highest BCUT2D eigenvalue weighted by molar-refractivity contribution is 5.85. The van der Waals surface area contributed by atoms with Crippen molar-refractivity contribution < 1.29 is 9.52 Å². The molecule has 1 aromatic heterocycles. The summed E-state index contributed by atoms with van der Waals surface area (Å²) < 4.78 is 4.81. The second-order valence-electron chi connectivity index (χ2n) is 2.47. The summed E-state index contributed by atoms with van der Waals surface area (Å²) in [5.74, 6) is 0.0563. The van der Waals surface area contributed by atoms with Crippen molar-refractivity contribution >= 4 is 10.8 Å². The van der Waals surface area contributed by atoms with Crippen LogP contribution >= 0.6 is 0 Å². The fourth-order valence-electron chi connectivity index (χ4n) is 1.09. The lowest BCUT2D eigenvalue weighted by molar-refractivity contribution is 0.480. The molecule has 0 aliphatic heterocycles. The average Bonchev–Trinajstić information content (AvgIpc) is 2.47. The zero-order valence-corrected chi connectivity index (χ0v) is 6.15. The van der Waals surface area contributed by atoms with Crippen LogP contribution in [-0.2, 0) is 0 Å². The second-order valence-corrected chi connectivity index (χ2v) is 2.47. The lowest BCUT2D eigenvalue weighted by Gasteiger charge is -1.82. The number of hydrogen-bond acceptors (Lipinski definition) is 3. The third-order valence-corrected chi connectivity index (χ3v) is 1.71. The van der Waals surface area contributed by atoms with Gasteiger partial charge in [-0.25, -0.2) is 0 Å². The van der Waals surface area contributed by atoms with Crippen molar-refractivity contribution in [2.45, 2.75) is 0 Å². The van der Waals surface area contributed by atoms with Gasteiger partial charge in [0.25, 0.3) is 0 Å². The maximum Gasteiger partial charge on any atom is 0.189 e. The molecule has 1 aromatic carbocycles. The summed E-state index contributed by atoms with van der Waals surface area (Å²) in [5, 5.41) is 10.2. The Kier molecular flexibility index (Phi) is 1.37. The monoisotopic (exact) mass is 162 g/mol. The van der Waals surface area contributed by atoms with E-state index in [-0.39, 0.29) is 11.2 Å². The minimum absolute atomic E-state index is 0.0563. The van der Waals surface area contributed by atoms with E-state index >= 15 is 0 Å². The molecule has 2 aromatic rings. The highest BCUT2D eigenvalue weighted by atomic mass is 16.3. The lowest BCUT2D eigenvalue weighted by Crippen LogP contribution is -1.91. The van der Waals surface area contributed by atoms with Gasteiger partial charge in [-0.1, -0.05) is 6.07 Å². The molecule has 0 aliphatic carbocycles. The fourth-order valence-corrected chi connectivity index (χ4v) is 1.09. The molecule has 0 spiro atoms. The highest BCUT2D eigenvalue weighted by Gasteiger charge is 2.01. The minimum Gasteiger partial charge on any atom is -0.507 e. The van der Waals surface area contributed by atoms with Gasteiger partial charge < -0.3 is 9.52 Å². The van der Waals surface area contributed by atoms with Crippen molar-refractivity contribution in [3.8, 4) is 5.75 Å². The van der Waals surface area contributed by atoms with E-state index in [1.54, 1.807) is 0 Å². The van der Waals surface area contributed by atoms with Crippen LogP contribution < -0.4 is 5.43 Å². The van der Waals surface area contributed by atoms with Crippen LogP contribution in [0.1, 0.15) is 0 Å². The molecule has 0 saturated heterocycles. The van der Waals surface area contributed by atoms with Crippen molar-refractivity contribution in [3.63, 3.8) is 0 Å². The first-order valence-electron chi connectivity index (χ1n) is 3.47. The predicted octanol–water partition coefficient (Wildman–Crippen LogP) is 1.50. The molecule has 0 saturated carbocycles. The Labute approximate surface area is 67.9 Å². The van der Waals surface area contributed by atoms with Gasteiger partial charge in [-0.2, -0.15) is 0 Å². The number of aromatic hydroxyl groups is 1. The maximum absolute atomic E-state index is 11.2. The zero-order valence-electron chi connectivity index (χ0n) is 6.15. The van der Waals surface area contributed by atoms with Gasteiger partial charge in [-0.15, -0.1) is 0 Å². The standard InChI is InChI=1S/C9H6O3/c10-8-2-1-3-9(11)7-5-12-4-6(7)8/h1-5,10H. The van der Waals surface area contributed by atoms with Gasteiger partial charge in [-0.3, -0.25) is 4.79 Å². The molecular weight excluding hydrogens is 156 g/mol. The number of rotatable bonds is 0. The molecular formula is C9H6O3. The summed E-state index contributed by atoms with van der Waals surface area (Å²) in [7, 11) is 0. The molecule has 0 bridgehead atoms. The van der Waals surface area contributed by atoms with Crippen molar-refractivity contribution in [2.24, 2.45) is 0 Å². The summed E-state index contributed by atoms with van der Waals surface area (Å²) >= 11 is 0. The number of furan rings is 1. The van der Waals surface area contributed by atoms with Crippen LogP contribution in [0.25, 0.3) is 10.8 Å². The van der Waals surface area contributed by atoms with E-state index in [9.17, 15) is 9.90 Å². The molecule has 1 N–H and O–H groups in total. The SMILES string of the molecule is O=c1cccc(O)c2cocc12. The van der Waals surface area contributed by atoms with Crippen LogP contribution in [-0.4, -0.2) is 5.11 Å². The van der Waals surface area contributed by atoms with Crippen LogP contribution in [0.4, 0.5) is 0 Å². The van der Waals surface area contributed by atoms with Crippen molar-refractivity contribution in [2.75, 3.05) is 0 Å². The molecule has 0 atom stereocenters. The Balaban J connectivity index is 3.11. The van der Waals surface area contributed by atoms with Crippen LogP contribution in [0, 0.1) is 0 Å². The Morgan fingerprint density at radius 3 is 2.75 bits per heavy atom. The van der Waals surface area contributed by atoms with E-state index in [1.807, 2.05) is 0 Å². The molecule has 60 valence electrons. The molecule has 3 nitrogen and oxygen atoms in total. The summed E-state index contributed by atoms with van der Waals surface area (Å²) in [5.41, 5.74) is -0.154. The van der Waals surface area contributed by atoms with Crippen molar-refractivity contribution in [3.05, 3.63) is 40.9 Å². The fraction of sp³-hybridized carbons (Fsp3) is 0. The summed E-state index contributed by atoms with van der Waals surface area (Å²) in [4.78, 5) is 11.2. The van der Waals surface area contributed by atoms with Crippen molar-refractivity contribution in [1.29, 1.82) is 0 Å². The Morgan fingerprint density at radius 1 is 1.17 bits per heavy atom. The van der Waals surface area contributed by atoms with Crippen LogP contribution in [0.2, 0.25) is 0 Å². The lowest BCUT2D eigenvalue weighted by atomic mass is 10.3. The topological polar surface area (TPSA) is 50.4 Å². The predicted molar refractivity (Wildman–Crippen MR) is 44.1 cm³/mol. The summed E-state index contributed by atoms with van der Waals surface area (Å²) in [6.07, 6.45) is 2.68. The normalized spacial score (nSPS) is 10.3. The third-order valence-electron chi connectivity index (χ3n) is 1.71.